The van der Waals surface area contributed by atoms with Gasteiger partial charge in [0.05, 0.1) is 16.8 Å². The summed E-state index contributed by atoms with van der Waals surface area (Å²) >= 11 is 1.67. The number of hydrogen-bond donors (Lipinski definition) is 1. The van der Waals surface area contributed by atoms with E-state index in [-0.39, 0.29) is 12.5 Å². The van der Waals surface area contributed by atoms with E-state index in [2.05, 4.69) is 17.5 Å². The van der Waals surface area contributed by atoms with Crippen molar-refractivity contribution in [3.05, 3.63) is 93.3 Å². The minimum Gasteiger partial charge on any atom is -0.452 e. The zero-order valence-electron chi connectivity index (χ0n) is 18.1. The Morgan fingerprint density at radius 3 is 2.79 bits per heavy atom. The summed E-state index contributed by atoms with van der Waals surface area (Å²) in [5, 5.41) is 5.56. The third-order valence-corrected chi connectivity index (χ3v) is 6.46. The predicted molar refractivity (Wildman–Crippen MR) is 132 cm³/mol. The van der Waals surface area contributed by atoms with Crippen molar-refractivity contribution in [2.45, 2.75) is 19.8 Å². The highest BCUT2D eigenvalue weighted by atomic mass is 32.1. The highest BCUT2D eigenvalue weighted by Gasteiger charge is 2.28. The number of hydrogen-bond acceptors (Lipinski definition) is 5. The van der Waals surface area contributed by atoms with Gasteiger partial charge in [-0.2, -0.15) is 0 Å². The van der Waals surface area contributed by atoms with Gasteiger partial charge in [0.25, 0.3) is 5.91 Å². The summed E-state index contributed by atoms with van der Waals surface area (Å²) in [5.41, 5.74) is 5.81. The van der Waals surface area contributed by atoms with Gasteiger partial charge in [0.15, 0.2) is 6.61 Å². The Hall–Kier alpha value is -3.77. The largest absolute Gasteiger partial charge is 0.452 e. The molecule has 0 bridgehead atoms. The number of amides is 1. The standard InChI is InChI=1S/C27H22N2O3S/c1-17-6-4-7-19(14-17)28-24(30)16-32-27(31)25-21-9-2-3-10-23(21)29-26-18(11-12-22(25)26)15-20-8-5-13-33-20/h2-10,13-15H,11-12,16H2,1H3,(H,28,30)/b18-15+. The van der Waals surface area contributed by atoms with E-state index in [4.69, 9.17) is 9.72 Å². The van der Waals surface area contributed by atoms with E-state index in [1.807, 2.05) is 60.8 Å². The maximum absolute atomic E-state index is 13.2. The molecule has 2 aromatic carbocycles. The summed E-state index contributed by atoms with van der Waals surface area (Å²) in [7, 11) is 0. The second kappa shape index (κ2) is 9.00. The van der Waals surface area contributed by atoms with Crippen LogP contribution in [0.5, 0.6) is 0 Å². The minimum atomic E-state index is -0.499. The Morgan fingerprint density at radius 1 is 1.09 bits per heavy atom. The smallest absolute Gasteiger partial charge is 0.339 e. The molecule has 0 radical (unpaired) electrons. The van der Waals surface area contributed by atoms with Gasteiger partial charge >= 0.3 is 5.97 Å². The first-order valence-electron chi connectivity index (χ1n) is 10.8. The van der Waals surface area contributed by atoms with E-state index < -0.39 is 5.97 Å². The van der Waals surface area contributed by atoms with Crippen LogP contribution in [-0.4, -0.2) is 23.5 Å². The second-order valence-electron chi connectivity index (χ2n) is 8.01. The number of carbonyl (C=O) groups excluding carboxylic acids is 2. The summed E-state index contributed by atoms with van der Waals surface area (Å²) in [4.78, 5) is 31.6. The number of carbonyl (C=O) groups is 2. The van der Waals surface area contributed by atoms with Gasteiger partial charge in [-0.3, -0.25) is 4.79 Å². The van der Waals surface area contributed by atoms with Crippen molar-refractivity contribution in [1.29, 1.82) is 0 Å². The first kappa shape index (κ1) is 21.1. The van der Waals surface area contributed by atoms with Crippen LogP contribution in [0.1, 0.15) is 38.5 Å². The number of esters is 1. The van der Waals surface area contributed by atoms with Crippen LogP contribution in [0, 0.1) is 6.92 Å². The number of allylic oxidation sites excluding steroid dienone is 1. The van der Waals surface area contributed by atoms with Crippen LogP contribution >= 0.6 is 11.3 Å². The number of ether oxygens (including phenoxy) is 1. The van der Waals surface area contributed by atoms with Gasteiger partial charge in [-0.15, -0.1) is 11.3 Å². The lowest BCUT2D eigenvalue weighted by Crippen LogP contribution is -2.21. The zero-order valence-corrected chi connectivity index (χ0v) is 18.9. The van der Waals surface area contributed by atoms with E-state index >= 15 is 0 Å². The molecule has 1 amide bonds. The topological polar surface area (TPSA) is 68.3 Å². The molecule has 2 aromatic heterocycles. The van der Waals surface area contributed by atoms with Crippen molar-refractivity contribution < 1.29 is 14.3 Å². The highest BCUT2D eigenvalue weighted by Crippen LogP contribution is 2.38. The van der Waals surface area contributed by atoms with Crippen molar-refractivity contribution in [2.24, 2.45) is 0 Å². The molecule has 1 aliphatic carbocycles. The Bertz CT molecular complexity index is 1390. The average molecular weight is 455 g/mol. The van der Waals surface area contributed by atoms with Crippen molar-refractivity contribution in [2.75, 3.05) is 11.9 Å². The first-order chi connectivity index (χ1) is 16.1. The van der Waals surface area contributed by atoms with Crippen LogP contribution < -0.4 is 5.32 Å². The monoisotopic (exact) mass is 454 g/mol. The molecule has 6 heteroatoms. The molecule has 0 aliphatic heterocycles. The lowest BCUT2D eigenvalue weighted by Gasteiger charge is -2.12. The average Bonchev–Trinajstić information content (AvgIpc) is 3.46. The summed E-state index contributed by atoms with van der Waals surface area (Å²) in [6, 6.07) is 19.1. The number of aryl methyl sites for hydroxylation is 1. The summed E-state index contributed by atoms with van der Waals surface area (Å²) < 4.78 is 5.47. The molecule has 0 saturated carbocycles. The molecule has 0 fully saturated rings. The van der Waals surface area contributed by atoms with E-state index in [1.54, 1.807) is 17.4 Å². The van der Waals surface area contributed by atoms with Crippen LogP contribution in [0.15, 0.2) is 66.0 Å². The molecule has 1 N–H and O–H groups in total. The van der Waals surface area contributed by atoms with Gasteiger partial charge in [-0.1, -0.05) is 36.4 Å². The maximum Gasteiger partial charge on any atom is 0.339 e. The summed E-state index contributed by atoms with van der Waals surface area (Å²) in [6.07, 6.45) is 3.66. The van der Waals surface area contributed by atoms with Crippen LogP contribution in [0.25, 0.3) is 22.6 Å². The van der Waals surface area contributed by atoms with Crippen molar-refractivity contribution >= 4 is 51.5 Å². The van der Waals surface area contributed by atoms with Gasteiger partial charge in [-0.25, -0.2) is 9.78 Å². The van der Waals surface area contributed by atoms with E-state index in [0.717, 1.165) is 44.6 Å². The number of benzene rings is 2. The first-order valence-corrected chi connectivity index (χ1v) is 11.7. The van der Waals surface area contributed by atoms with Gasteiger partial charge < -0.3 is 10.1 Å². The van der Waals surface area contributed by atoms with E-state index in [0.29, 0.717) is 17.7 Å². The maximum atomic E-state index is 13.2. The van der Waals surface area contributed by atoms with E-state index in [9.17, 15) is 9.59 Å². The van der Waals surface area contributed by atoms with Crippen LogP contribution in [0.3, 0.4) is 0 Å². The SMILES string of the molecule is Cc1cccc(NC(=O)COC(=O)c2c3c(nc4ccccc24)/C(=C/c2cccs2)CC3)c1. The Kier molecular flexibility index (Phi) is 5.75. The fourth-order valence-corrected chi connectivity index (χ4v) is 4.86. The number of para-hydroxylation sites is 1. The Balaban J connectivity index is 1.43. The molecular formula is C27H22N2O3S. The molecular weight excluding hydrogens is 432 g/mol. The fraction of sp³-hybridized carbons (Fsp3) is 0.148. The molecule has 0 unspecified atom stereocenters. The zero-order chi connectivity index (χ0) is 22.8. The lowest BCUT2D eigenvalue weighted by atomic mass is 10.0. The van der Waals surface area contributed by atoms with Crippen molar-refractivity contribution in [3.8, 4) is 0 Å². The molecule has 0 saturated heterocycles. The van der Waals surface area contributed by atoms with Gasteiger partial charge in [-0.05, 0) is 72.2 Å². The van der Waals surface area contributed by atoms with Crippen LogP contribution in [0.4, 0.5) is 5.69 Å². The lowest BCUT2D eigenvalue weighted by molar-refractivity contribution is -0.119. The number of fused-ring (bicyclic) bond motifs is 2. The number of thiophene rings is 1. The highest BCUT2D eigenvalue weighted by molar-refractivity contribution is 7.10. The van der Waals surface area contributed by atoms with Gasteiger partial charge in [0.2, 0.25) is 0 Å². The normalized spacial score (nSPS) is 13.8. The van der Waals surface area contributed by atoms with Crippen LogP contribution in [-0.2, 0) is 16.0 Å². The fourth-order valence-electron chi connectivity index (χ4n) is 4.18. The Labute approximate surface area is 195 Å². The van der Waals surface area contributed by atoms with Crippen molar-refractivity contribution in [1.82, 2.24) is 4.98 Å². The molecule has 2 heterocycles. The molecule has 1 aliphatic rings. The molecule has 5 nitrogen and oxygen atoms in total. The molecule has 0 spiro atoms. The minimum absolute atomic E-state index is 0.351. The molecule has 4 aromatic rings. The number of rotatable bonds is 5. The second-order valence-corrected chi connectivity index (χ2v) is 8.99. The van der Waals surface area contributed by atoms with Crippen LogP contribution in [0.2, 0.25) is 0 Å². The molecule has 164 valence electrons. The third-order valence-electron chi connectivity index (χ3n) is 5.64. The molecule has 5 rings (SSSR count). The Morgan fingerprint density at radius 2 is 1.97 bits per heavy atom. The van der Waals surface area contributed by atoms with E-state index in [1.165, 1.54) is 0 Å². The number of anilines is 1. The number of pyridine rings is 1. The number of nitrogens with one attached hydrogen (secondary N) is 1. The van der Waals surface area contributed by atoms with Gasteiger partial charge in [0.1, 0.15) is 0 Å². The summed E-state index contributed by atoms with van der Waals surface area (Å²) in [5.74, 6) is -0.871. The molecule has 0 atom stereocenters. The summed E-state index contributed by atoms with van der Waals surface area (Å²) in [6.45, 7) is 1.60. The number of nitrogens with zero attached hydrogens (tertiary/aromatic N) is 1. The quantitative estimate of drug-likeness (QED) is 0.382. The van der Waals surface area contributed by atoms with Crippen molar-refractivity contribution in [3.63, 3.8) is 0 Å². The molecule has 33 heavy (non-hydrogen) atoms. The van der Waals surface area contributed by atoms with Gasteiger partial charge in [0, 0.05) is 16.0 Å². The number of aromatic nitrogens is 1. The third kappa shape index (κ3) is 4.43. The predicted octanol–water partition coefficient (Wildman–Crippen LogP) is 5.89.